The molecular weight excluding hydrogens is 444 g/mol. The Morgan fingerprint density at radius 2 is 1.43 bits per heavy atom. The van der Waals surface area contributed by atoms with E-state index in [1.165, 1.54) is 6.92 Å². The lowest BCUT2D eigenvalue weighted by atomic mass is 9.92. The quantitative estimate of drug-likeness (QED) is 0.428. The lowest BCUT2D eigenvalue weighted by molar-refractivity contribution is 0.106. The maximum Gasteiger partial charge on any atom is 0.226 e. The van der Waals surface area contributed by atoms with E-state index in [1.807, 2.05) is 12.1 Å². The van der Waals surface area contributed by atoms with Crippen molar-refractivity contribution < 1.29 is 5.11 Å². The first-order valence-corrected chi connectivity index (χ1v) is 9.06. The summed E-state index contributed by atoms with van der Waals surface area (Å²) in [5.74, 6) is 0. The predicted molar refractivity (Wildman–Crippen MR) is 101 cm³/mol. The molecule has 2 rings (SSSR count). The number of benzene rings is 2. The van der Waals surface area contributed by atoms with Gasteiger partial charge >= 0.3 is 0 Å². The molecule has 1 atom stereocenters. The lowest BCUT2D eigenvalue weighted by Crippen LogP contribution is -2.45. The van der Waals surface area contributed by atoms with Crippen LogP contribution in [-0.2, 0) is 9.44 Å². The molecule has 0 aliphatic heterocycles. The molecule has 0 fully saturated rings. The highest BCUT2D eigenvalue weighted by molar-refractivity contribution is 6.78. The first kappa shape index (κ1) is 20.0. The molecule has 1 nitrogen and oxygen atoms in total. The maximum atomic E-state index is 12.3. The van der Waals surface area contributed by atoms with Crippen molar-refractivity contribution in [1.82, 2.24) is 0 Å². The van der Waals surface area contributed by atoms with Gasteiger partial charge in [-0.25, -0.2) is 5.11 Å². The van der Waals surface area contributed by atoms with Crippen LogP contribution in [0.3, 0.4) is 0 Å². The van der Waals surface area contributed by atoms with E-state index in [0.29, 0.717) is 10.9 Å². The molecule has 0 amide bonds. The van der Waals surface area contributed by atoms with Crippen LogP contribution in [0.5, 0.6) is 0 Å². The monoisotopic (exact) mass is 451 g/mol. The first-order valence-electron chi connectivity index (χ1n) is 6.41. The summed E-state index contributed by atoms with van der Waals surface area (Å²) < 4.78 is -6.41. The summed E-state index contributed by atoms with van der Waals surface area (Å²) in [6.45, 7) is 1.47. The lowest BCUT2D eigenvalue weighted by Gasteiger charge is -2.39. The van der Waals surface area contributed by atoms with Crippen LogP contribution in [0.15, 0.2) is 36.4 Å². The molecule has 1 radical (unpaired) electrons. The molecule has 23 heavy (non-hydrogen) atoms. The van der Waals surface area contributed by atoms with E-state index in [9.17, 15) is 5.11 Å². The second-order valence-corrected chi connectivity index (χ2v) is 9.97. The summed E-state index contributed by atoms with van der Waals surface area (Å²) in [5.41, 5.74) is 0.561. The van der Waals surface area contributed by atoms with Crippen LogP contribution in [0.1, 0.15) is 24.2 Å². The average Bonchev–Trinajstić information content (AvgIpc) is 2.44. The van der Waals surface area contributed by atoms with Crippen molar-refractivity contribution in [2.75, 3.05) is 0 Å². The molecule has 1 unspecified atom stereocenters. The van der Waals surface area contributed by atoms with Crippen LogP contribution in [0.2, 0.25) is 0 Å². The molecule has 0 aromatic heterocycles. The summed E-state index contributed by atoms with van der Waals surface area (Å²) in [5, 5.41) is 13.8. The number of halogens is 7. The predicted octanol–water partition coefficient (Wildman–Crippen LogP) is 7.51. The van der Waals surface area contributed by atoms with Crippen molar-refractivity contribution in [1.29, 1.82) is 0 Å². The SMILES string of the molecule is CC([O])c1c(C(Cl)(Cl)C(Cl)(Cl)C(Cl)(Cl)Cl)ccc2ccccc12. The van der Waals surface area contributed by atoms with Gasteiger partial charge in [-0.3, -0.25) is 0 Å². The smallest absolute Gasteiger partial charge is 0.226 e. The van der Waals surface area contributed by atoms with Gasteiger partial charge < -0.3 is 0 Å². The summed E-state index contributed by atoms with van der Waals surface area (Å²) in [6, 6.07) is 10.6. The van der Waals surface area contributed by atoms with Gasteiger partial charge in [-0.05, 0) is 28.8 Å². The molecule has 0 saturated heterocycles. The van der Waals surface area contributed by atoms with Gasteiger partial charge in [0.1, 0.15) is 6.10 Å². The minimum Gasteiger partial charge on any atom is -0.228 e. The van der Waals surface area contributed by atoms with E-state index in [4.69, 9.17) is 81.2 Å². The molecule has 0 bridgehead atoms. The first-order chi connectivity index (χ1) is 10.4. The highest BCUT2D eigenvalue weighted by Gasteiger charge is 2.61. The summed E-state index contributed by atoms with van der Waals surface area (Å²) in [6.07, 6.45) is -1.15. The van der Waals surface area contributed by atoms with Crippen molar-refractivity contribution in [3.63, 3.8) is 0 Å². The second-order valence-electron chi connectivity index (χ2n) is 5.04. The van der Waals surface area contributed by atoms with Crippen molar-refractivity contribution >= 4 is 92.0 Å². The zero-order valence-corrected chi connectivity index (χ0v) is 16.9. The van der Waals surface area contributed by atoms with Crippen molar-refractivity contribution in [2.45, 2.75) is 25.5 Å². The van der Waals surface area contributed by atoms with Crippen molar-refractivity contribution in [3.8, 4) is 0 Å². The second kappa shape index (κ2) is 6.78. The fourth-order valence-corrected chi connectivity index (χ4v) is 3.89. The van der Waals surface area contributed by atoms with Gasteiger partial charge in [0.05, 0.1) is 0 Å². The Hall–Kier alpha value is 0.690. The largest absolute Gasteiger partial charge is 0.228 e. The van der Waals surface area contributed by atoms with Crippen LogP contribution in [0, 0.1) is 0 Å². The summed E-state index contributed by atoms with van der Waals surface area (Å²) >= 11 is 42.6. The van der Waals surface area contributed by atoms with E-state index in [0.717, 1.165) is 5.39 Å². The number of alkyl halides is 7. The molecule has 2 aromatic carbocycles. The van der Waals surface area contributed by atoms with Gasteiger partial charge in [0.25, 0.3) is 0 Å². The van der Waals surface area contributed by atoms with Gasteiger partial charge in [0.15, 0.2) is 4.33 Å². The Labute approximate surface area is 169 Å². The topological polar surface area (TPSA) is 19.9 Å². The number of fused-ring (bicyclic) bond motifs is 1. The van der Waals surface area contributed by atoms with Crippen LogP contribution < -0.4 is 0 Å². The molecule has 8 heteroatoms. The molecule has 0 aliphatic carbocycles. The number of rotatable bonds is 3. The molecule has 0 heterocycles. The maximum absolute atomic E-state index is 12.3. The van der Waals surface area contributed by atoms with E-state index in [-0.39, 0.29) is 5.56 Å². The third-order valence-corrected chi connectivity index (χ3v) is 7.39. The fraction of sp³-hybridized carbons (Fsp3) is 0.333. The third-order valence-electron chi connectivity index (χ3n) is 3.47. The Kier molecular flexibility index (Phi) is 5.89. The van der Waals surface area contributed by atoms with E-state index >= 15 is 0 Å². The molecule has 0 aliphatic rings. The molecule has 125 valence electrons. The van der Waals surface area contributed by atoms with Crippen LogP contribution in [0.4, 0.5) is 0 Å². The molecular formula is C15H10Cl7O. The van der Waals surface area contributed by atoms with Gasteiger partial charge in [-0.1, -0.05) is 118 Å². The zero-order valence-electron chi connectivity index (χ0n) is 11.6. The van der Waals surface area contributed by atoms with Gasteiger partial charge in [0.2, 0.25) is 8.13 Å². The summed E-state index contributed by atoms with van der Waals surface area (Å²) in [4.78, 5) is 0. The molecule has 0 saturated carbocycles. The van der Waals surface area contributed by atoms with Gasteiger partial charge in [-0.15, -0.1) is 0 Å². The molecule has 2 aromatic rings. The van der Waals surface area contributed by atoms with E-state index < -0.39 is 18.6 Å². The Balaban J connectivity index is 2.80. The zero-order chi connectivity index (χ0) is 17.6. The normalized spacial score (nSPS) is 15.0. The number of hydrogen-bond donors (Lipinski definition) is 0. The Morgan fingerprint density at radius 3 is 1.96 bits per heavy atom. The number of hydrogen-bond acceptors (Lipinski definition) is 0. The van der Waals surface area contributed by atoms with Crippen molar-refractivity contribution in [2.24, 2.45) is 0 Å². The molecule has 0 N–H and O–H groups in total. The van der Waals surface area contributed by atoms with Crippen LogP contribution in [0.25, 0.3) is 10.8 Å². The van der Waals surface area contributed by atoms with E-state index in [1.54, 1.807) is 24.3 Å². The standard InChI is InChI=1S/C15H10Cl7O/c1-8(23)12-10-5-3-2-4-9(10)6-7-11(12)13(16,17)14(18,19)15(20,21)22/h2-8H,1H3. The fourth-order valence-electron chi connectivity index (χ4n) is 2.35. The minimum atomic E-state index is -2.19. The van der Waals surface area contributed by atoms with Crippen molar-refractivity contribution in [3.05, 3.63) is 47.5 Å². The Morgan fingerprint density at radius 1 is 0.870 bits per heavy atom. The third kappa shape index (κ3) is 3.50. The van der Waals surface area contributed by atoms with Crippen LogP contribution in [-0.4, -0.2) is 8.13 Å². The summed E-state index contributed by atoms with van der Waals surface area (Å²) in [7, 11) is 0. The van der Waals surface area contributed by atoms with Gasteiger partial charge in [-0.2, -0.15) is 0 Å². The Bertz CT molecular complexity index is 719. The van der Waals surface area contributed by atoms with Crippen LogP contribution >= 0.6 is 81.2 Å². The van der Waals surface area contributed by atoms with Gasteiger partial charge in [0, 0.05) is 0 Å². The van der Waals surface area contributed by atoms with E-state index in [2.05, 4.69) is 0 Å². The minimum absolute atomic E-state index is 0.207. The molecule has 0 spiro atoms. The highest BCUT2D eigenvalue weighted by Crippen LogP contribution is 2.61. The average molecular weight is 454 g/mol. The highest BCUT2D eigenvalue weighted by atomic mass is 35.6.